The van der Waals surface area contributed by atoms with Gasteiger partial charge in [-0.15, -0.1) is 5.10 Å². The smallest absolute Gasteiger partial charge is 0.209 e. The zero-order chi connectivity index (χ0) is 18.6. The predicted octanol–water partition coefficient (Wildman–Crippen LogP) is 4.44. The fourth-order valence-electron chi connectivity index (χ4n) is 2.94. The van der Waals surface area contributed by atoms with Crippen molar-refractivity contribution >= 4 is 34.4 Å². The van der Waals surface area contributed by atoms with Gasteiger partial charge in [0.05, 0.1) is 19.5 Å². The zero-order valence-electron chi connectivity index (χ0n) is 15.0. The molecule has 140 valence electrons. The van der Waals surface area contributed by atoms with Gasteiger partial charge in [-0.25, -0.2) is 4.68 Å². The van der Waals surface area contributed by atoms with Crippen molar-refractivity contribution in [3.63, 3.8) is 0 Å². The summed E-state index contributed by atoms with van der Waals surface area (Å²) in [6.07, 6.45) is 6.14. The number of para-hydroxylation sites is 2. The van der Waals surface area contributed by atoms with E-state index in [4.69, 9.17) is 17.0 Å². The molecule has 3 aromatic rings. The Hall–Kier alpha value is -2.29. The standard InChI is InChI=1S/C19H21N5OS2/c1-25-17-5-3-2-4-16(17)21-18-22-24(19(26)27-18)13-23(15-6-7-15)12-14-8-10-20-11-9-14/h2-5,8-11,15H,6-7,12-13H2,1H3,(H,21,22). The third-order valence-electron chi connectivity index (χ3n) is 4.47. The fraction of sp³-hybridized carbons (Fsp3) is 0.316. The molecule has 6 nitrogen and oxygen atoms in total. The molecule has 1 fully saturated rings. The molecule has 0 spiro atoms. The SMILES string of the molecule is COc1ccccc1Nc1nn(CN(Cc2ccncc2)C2CC2)c(=S)s1. The average molecular weight is 400 g/mol. The van der Waals surface area contributed by atoms with Crippen LogP contribution in [0.25, 0.3) is 0 Å². The lowest BCUT2D eigenvalue weighted by atomic mass is 10.2. The molecule has 1 N–H and O–H groups in total. The van der Waals surface area contributed by atoms with Gasteiger partial charge in [0.15, 0.2) is 3.95 Å². The van der Waals surface area contributed by atoms with E-state index in [-0.39, 0.29) is 0 Å². The molecule has 0 radical (unpaired) electrons. The Morgan fingerprint density at radius 3 is 2.78 bits per heavy atom. The number of rotatable bonds is 8. The molecular weight excluding hydrogens is 378 g/mol. The molecule has 0 bridgehead atoms. The number of nitrogens with one attached hydrogen (secondary N) is 1. The number of methoxy groups -OCH3 is 1. The first-order chi connectivity index (χ1) is 13.2. The Morgan fingerprint density at radius 1 is 1.26 bits per heavy atom. The van der Waals surface area contributed by atoms with Crippen molar-refractivity contribution in [1.29, 1.82) is 0 Å². The summed E-state index contributed by atoms with van der Waals surface area (Å²) in [5.41, 5.74) is 2.14. The van der Waals surface area contributed by atoms with E-state index in [1.807, 2.05) is 41.3 Å². The third kappa shape index (κ3) is 4.52. The molecular formula is C19H21N5OS2. The Balaban J connectivity index is 1.49. The van der Waals surface area contributed by atoms with Crippen LogP contribution >= 0.6 is 23.6 Å². The molecule has 0 unspecified atom stereocenters. The van der Waals surface area contributed by atoms with Crippen LogP contribution in [0.5, 0.6) is 5.75 Å². The molecule has 1 aromatic carbocycles. The van der Waals surface area contributed by atoms with E-state index in [2.05, 4.69) is 32.4 Å². The van der Waals surface area contributed by atoms with E-state index >= 15 is 0 Å². The first kappa shape index (κ1) is 18.1. The van der Waals surface area contributed by atoms with Crippen LogP contribution in [0.15, 0.2) is 48.8 Å². The summed E-state index contributed by atoms with van der Waals surface area (Å²) >= 11 is 7.02. The number of ether oxygens (including phenoxy) is 1. The van der Waals surface area contributed by atoms with Crippen molar-refractivity contribution in [3.8, 4) is 5.75 Å². The monoisotopic (exact) mass is 399 g/mol. The van der Waals surface area contributed by atoms with E-state index in [0.717, 1.165) is 27.1 Å². The Morgan fingerprint density at radius 2 is 2.04 bits per heavy atom. The van der Waals surface area contributed by atoms with Crippen molar-refractivity contribution in [1.82, 2.24) is 19.7 Å². The summed E-state index contributed by atoms with van der Waals surface area (Å²) in [5, 5.41) is 8.77. The number of anilines is 2. The number of benzene rings is 1. The van der Waals surface area contributed by atoms with Gasteiger partial charge in [0.2, 0.25) is 5.13 Å². The second-order valence-corrected chi connectivity index (χ2v) is 8.10. The summed E-state index contributed by atoms with van der Waals surface area (Å²) in [4.78, 5) is 6.53. The number of hydrogen-bond donors (Lipinski definition) is 1. The number of nitrogens with zero attached hydrogens (tertiary/aromatic N) is 4. The highest BCUT2D eigenvalue weighted by Gasteiger charge is 2.29. The summed E-state index contributed by atoms with van der Waals surface area (Å²) in [6, 6.07) is 12.5. The highest BCUT2D eigenvalue weighted by atomic mass is 32.1. The lowest BCUT2D eigenvalue weighted by Gasteiger charge is -2.21. The first-order valence-corrected chi connectivity index (χ1v) is 10.1. The van der Waals surface area contributed by atoms with Gasteiger partial charge in [0.1, 0.15) is 5.75 Å². The first-order valence-electron chi connectivity index (χ1n) is 8.84. The molecule has 1 saturated carbocycles. The van der Waals surface area contributed by atoms with Crippen LogP contribution in [0.4, 0.5) is 10.8 Å². The predicted molar refractivity (Wildman–Crippen MR) is 110 cm³/mol. The third-order valence-corrected chi connectivity index (χ3v) is 5.69. The molecule has 2 aromatic heterocycles. The van der Waals surface area contributed by atoms with E-state index in [1.165, 1.54) is 29.7 Å². The molecule has 0 amide bonds. The van der Waals surface area contributed by atoms with Crippen LogP contribution in [0.2, 0.25) is 0 Å². The van der Waals surface area contributed by atoms with E-state index < -0.39 is 0 Å². The van der Waals surface area contributed by atoms with Crippen LogP contribution in [0.3, 0.4) is 0 Å². The van der Waals surface area contributed by atoms with Gasteiger partial charge in [-0.2, -0.15) is 0 Å². The molecule has 1 aliphatic rings. The Kier molecular flexibility index (Phi) is 5.47. The van der Waals surface area contributed by atoms with Crippen molar-refractivity contribution in [2.75, 3.05) is 12.4 Å². The van der Waals surface area contributed by atoms with E-state index in [9.17, 15) is 0 Å². The molecule has 27 heavy (non-hydrogen) atoms. The van der Waals surface area contributed by atoms with Gasteiger partial charge in [0.25, 0.3) is 0 Å². The van der Waals surface area contributed by atoms with Crippen LogP contribution in [0, 0.1) is 3.95 Å². The average Bonchev–Trinajstić information content (AvgIpc) is 3.48. The number of hydrogen-bond acceptors (Lipinski definition) is 7. The fourth-order valence-corrected chi connectivity index (χ4v) is 3.94. The summed E-state index contributed by atoms with van der Waals surface area (Å²) < 4.78 is 8.05. The van der Waals surface area contributed by atoms with Crippen LogP contribution in [-0.2, 0) is 13.2 Å². The van der Waals surface area contributed by atoms with Crippen molar-refractivity contribution < 1.29 is 4.74 Å². The Bertz CT molecular complexity index is 952. The molecule has 2 heterocycles. The van der Waals surface area contributed by atoms with Gasteiger partial charge in [-0.3, -0.25) is 9.88 Å². The highest BCUT2D eigenvalue weighted by Crippen LogP contribution is 2.31. The topological polar surface area (TPSA) is 55.2 Å². The van der Waals surface area contributed by atoms with E-state index in [1.54, 1.807) is 7.11 Å². The summed E-state index contributed by atoms with van der Waals surface area (Å²) in [7, 11) is 1.66. The molecule has 0 aliphatic heterocycles. The minimum absolute atomic E-state index is 0.604. The lowest BCUT2D eigenvalue weighted by Crippen LogP contribution is -2.28. The maximum absolute atomic E-state index is 5.55. The Labute approximate surface area is 167 Å². The minimum Gasteiger partial charge on any atom is -0.495 e. The largest absolute Gasteiger partial charge is 0.495 e. The lowest BCUT2D eigenvalue weighted by molar-refractivity contribution is 0.187. The van der Waals surface area contributed by atoms with Crippen molar-refractivity contribution in [2.24, 2.45) is 0 Å². The summed E-state index contributed by atoms with van der Waals surface area (Å²) in [5.74, 6) is 0.780. The van der Waals surface area contributed by atoms with E-state index in [0.29, 0.717) is 12.7 Å². The molecule has 1 aliphatic carbocycles. The van der Waals surface area contributed by atoms with Crippen LogP contribution < -0.4 is 10.1 Å². The van der Waals surface area contributed by atoms with Crippen LogP contribution in [-0.4, -0.2) is 32.8 Å². The number of pyridine rings is 1. The van der Waals surface area contributed by atoms with Gasteiger partial charge in [0, 0.05) is 25.0 Å². The maximum Gasteiger partial charge on any atom is 0.209 e. The zero-order valence-corrected chi connectivity index (χ0v) is 16.7. The maximum atomic E-state index is 5.55. The highest BCUT2D eigenvalue weighted by molar-refractivity contribution is 7.73. The van der Waals surface area contributed by atoms with Crippen LogP contribution in [0.1, 0.15) is 18.4 Å². The van der Waals surface area contributed by atoms with Gasteiger partial charge in [-0.1, -0.05) is 23.5 Å². The van der Waals surface area contributed by atoms with Gasteiger partial charge < -0.3 is 10.1 Å². The number of aromatic nitrogens is 3. The summed E-state index contributed by atoms with van der Waals surface area (Å²) in [6.45, 7) is 1.57. The van der Waals surface area contributed by atoms with Crippen molar-refractivity contribution in [2.45, 2.75) is 32.1 Å². The van der Waals surface area contributed by atoms with Gasteiger partial charge in [-0.05, 0) is 54.9 Å². The van der Waals surface area contributed by atoms with Gasteiger partial charge >= 0.3 is 0 Å². The normalized spacial score (nSPS) is 13.7. The second kappa shape index (κ2) is 8.16. The molecule has 0 saturated heterocycles. The molecule has 0 atom stereocenters. The van der Waals surface area contributed by atoms with Crippen molar-refractivity contribution in [3.05, 3.63) is 58.3 Å². The minimum atomic E-state index is 0.604. The molecule has 4 rings (SSSR count). The quantitative estimate of drug-likeness (QED) is 0.565. The second-order valence-electron chi connectivity index (χ2n) is 6.47. The molecule has 8 heteroatoms.